The van der Waals surface area contributed by atoms with E-state index in [2.05, 4.69) is 5.32 Å². The molecule has 3 nitrogen and oxygen atoms in total. The van der Waals surface area contributed by atoms with Crippen molar-refractivity contribution in [3.05, 3.63) is 58.1 Å². The maximum atomic E-state index is 13.4. The fraction of sp³-hybridized carbons (Fsp3) is 0.278. The first kappa shape index (κ1) is 18.2. The molecule has 0 aliphatic carbocycles. The van der Waals surface area contributed by atoms with Gasteiger partial charge >= 0.3 is 0 Å². The third-order valence-corrected chi connectivity index (χ3v) is 3.88. The Morgan fingerprint density at radius 3 is 2.33 bits per heavy atom. The van der Waals surface area contributed by atoms with E-state index in [9.17, 15) is 13.6 Å². The van der Waals surface area contributed by atoms with Crippen LogP contribution >= 0.6 is 11.6 Å². The Hall–Kier alpha value is -2.14. The van der Waals surface area contributed by atoms with Gasteiger partial charge in [-0.3, -0.25) is 4.79 Å². The van der Waals surface area contributed by atoms with Crippen molar-refractivity contribution in [1.29, 1.82) is 0 Å². The molecule has 0 radical (unpaired) electrons. The summed E-state index contributed by atoms with van der Waals surface area (Å²) >= 11 is 5.84. The number of anilines is 1. The third-order valence-electron chi connectivity index (χ3n) is 3.57. The summed E-state index contributed by atoms with van der Waals surface area (Å²) in [5.41, 5.74) is 1.12. The molecule has 2 rings (SSSR count). The van der Waals surface area contributed by atoms with Crippen LogP contribution < -0.4 is 10.1 Å². The van der Waals surface area contributed by atoms with Crippen molar-refractivity contribution in [2.45, 2.75) is 26.2 Å². The second-order valence-corrected chi connectivity index (χ2v) is 6.77. The number of ether oxygens (including phenoxy) is 1. The van der Waals surface area contributed by atoms with E-state index in [1.165, 1.54) is 7.11 Å². The number of rotatable bonds is 3. The molecule has 0 aliphatic heterocycles. The first-order valence-corrected chi connectivity index (χ1v) is 7.65. The first-order valence-electron chi connectivity index (χ1n) is 7.28. The smallest absolute Gasteiger partial charge is 0.257 e. The van der Waals surface area contributed by atoms with Crippen molar-refractivity contribution >= 4 is 23.2 Å². The molecule has 0 saturated heterocycles. The number of hydrogen-bond donors (Lipinski definition) is 1. The van der Waals surface area contributed by atoms with Crippen LogP contribution in [0.15, 0.2) is 30.3 Å². The molecule has 2 aromatic carbocycles. The lowest BCUT2D eigenvalue weighted by Crippen LogP contribution is -2.16. The van der Waals surface area contributed by atoms with Gasteiger partial charge in [-0.05, 0) is 35.2 Å². The summed E-state index contributed by atoms with van der Waals surface area (Å²) in [6.07, 6.45) is 0. The van der Waals surface area contributed by atoms with Crippen LogP contribution in [0.2, 0.25) is 5.02 Å². The predicted octanol–water partition coefficient (Wildman–Crippen LogP) is 5.18. The lowest BCUT2D eigenvalue weighted by atomic mass is 9.87. The molecule has 0 aliphatic rings. The highest BCUT2D eigenvalue weighted by molar-refractivity contribution is 6.34. The maximum absolute atomic E-state index is 13.4. The molecule has 24 heavy (non-hydrogen) atoms. The minimum absolute atomic E-state index is 0.134. The Kier molecular flexibility index (Phi) is 5.13. The van der Waals surface area contributed by atoms with Gasteiger partial charge in [0.05, 0.1) is 23.4 Å². The number of halogens is 3. The largest absolute Gasteiger partial charge is 0.495 e. The van der Waals surface area contributed by atoms with Crippen molar-refractivity contribution in [2.24, 2.45) is 0 Å². The maximum Gasteiger partial charge on any atom is 0.257 e. The van der Waals surface area contributed by atoms with Crippen LogP contribution in [-0.2, 0) is 5.41 Å². The first-order chi connectivity index (χ1) is 11.1. The molecule has 0 fully saturated rings. The van der Waals surface area contributed by atoms with E-state index in [1.54, 1.807) is 12.1 Å². The van der Waals surface area contributed by atoms with E-state index >= 15 is 0 Å². The highest BCUT2D eigenvalue weighted by Gasteiger charge is 2.19. The topological polar surface area (TPSA) is 38.3 Å². The molecule has 6 heteroatoms. The normalized spacial score (nSPS) is 11.3. The minimum Gasteiger partial charge on any atom is -0.495 e. The molecule has 1 N–H and O–H groups in total. The van der Waals surface area contributed by atoms with Gasteiger partial charge < -0.3 is 10.1 Å². The molecule has 0 aromatic heterocycles. The van der Waals surface area contributed by atoms with Crippen molar-refractivity contribution < 1.29 is 18.3 Å². The van der Waals surface area contributed by atoms with Gasteiger partial charge in [0.25, 0.3) is 5.91 Å². The molecule has 0 bridgehead atoms. The van der Waals surface area contributed by atoms with Gasteiger partial charge in [-0.25, -0.2) is 8.78 Å². The van der Waals surface area contributed by atoms with E-state index < -0.39 is 17.5 Å². The Labute approximate surface area is 144 Å². The summed E-state index contributed by atoms with van der Waals surface area (Å²) < 4.78 is 31.8. The Morgan fingerprint density at radius 2 is 1.75 bits per heavy atom. The van der Waals surface area contributed by atoms with Gasteiger partial charge in [-0.1, -0.05) is 38.4 Å². The van der Waals surface area contributed by atoms with Crippen LogP contribution in [0.3, 0.4) is 0 Å². The molecule has 128 valence electrons. The van der Waals surface area contributed by atoms with Gasteiger partial charge in [0.15, 0.2) is 11.6 Å². The fourth-order valence-electron chi connectivity index (χ4n) is 2.16. The number of carbonyl (C=O) groups excluding carboxylic acids is 1. The number of carbonyl (C=O) groups is 1. The zero-order valence-corrected chi connectivity index (χ0v) is 14.6. The lowest BCUT2D eigenvalue weighted by molar-refractivity contribution is 0.102. The van der Waals surface area contributed by atoms with Gasteiger partial charge in [-0.2, -0.15) is 0 Å². The van der Waals surface area contributed by atoms with Crippen LogP contribution in [0.25, 0.3) is 0 Å². The lowest BCUT2D eigenvalue weighted by Gasteiger charge is -2.21. The molecule has 0 spiro atoms. The molecular formula is C18H18ClF2NO2. The van der Waals surface area contributed by atoms with E-state index in [0.29, 0.717) is 11.4 Å². The van der Waals surface area contributed by atoms with E-state index in [-0.39, 0.29) is 16.0 Å². The Morgan fingerprint density at radius 1 is 1.12 bits per heavy atom. The average Bonchev–Trinajstić information content (AvgIpc) is 2.49. The van der Waals surface area contributed by atoms with E-state index in [4.69, 9.17) is 16.3 Å². The standard InChI is InChI=1S/C18H18ClF2NO2/c1-18(2,3)10-5-6-16(24-4)15(7-10)22-17(23)11-8-13(20)14(21)9-12(11)19/h5-9H,1-4H3,(H,22,23). The zero-order chi connectivity index (χ0) is 18.1. The van der Waals surface area contributed by atoms with Gasteiger partial charge in [0.1, 0.15) is 5.75 Å². The van der Waals surface area contributed by atoms with E-state index in [0.717, 1.165) is 17.7 Å². The van der Waals surface area contributed by atoms with Crippen molar-refractivity contribution in [3.63, 3.8) is 0 Å². The predicted molar refractivity (Wildman–Crippen MR) is 91.0 cm³/mol. The summed E-state index contributed by atoms with van der Waals surface area (Å²) in [4.78, 5) is 12.4. The van der Waals surface area contributed by atoms with Crippen LogP contribution in [0, 0.1) is 11.6 Å². The third kappa shape index (κ3) is 3.85. The van der Waals surface area contributed by atoms with Crippen molar-refractivity contribution in [3.8, 4) is 5.75 Å². The number of benzene rings is 2. The second kappa shape index (κ2) is 6.77. The van der Waals surface area contributed by atoms with Crippen LogP contribution in [0.4, 0.5) is 14.5 Å². The summed E-state index contributed by atoms with van der Waals surface area (Å²) in [5, 5.41) is 2.47. The fourth-order valence-corrected chi connectivity index (χ4v) is 2.39. The number of amides is 1. The summed E-state index contributed by atoms with van der Waals surface area (Å²) in [5.74, 6) is -2.44. The molecule has 0 saturated carbocycles. The van der Waals surface area contributed by atoms with Gasteiger partial charge in [0.2, 0.25) is 0 Å². The van der Waals surface area contributed by atoms with Gasteiger partial charge in [-0.15, -0.1) is 0 Å². The van der Waals surface area contributed by atoms with E-state index in [1.807, 2.05) is 26.8 Å². The quantitative estimate of drug-likeness (QED) is 0.772. The summed E-state index contributed by atoms with van der Waals surface area (Å²) in [6.45, 7) is 6.10. The molecule has 0 atom stereocenters. The highest BCUT2D eigenvalue weighted by Crippen LogP contribution is 2.32. The van der Waals surface area contributed by atoms with Crippen molar-refractivity contribution in [2.75, 3.05) is 12.4 Å². The summed E-state index contributed by atoms with van der Waals surface area (Å²) in [7, 11) is 1.48. The monoisotopic (exact) mass is 353 g/mol. The average molecular weight is 354 g/mol. The number of hydrogen-bond acceptors (Lipinski definition) is 2. The van der Waals surface area contributed by atoms with Crippen LogP contribution in [0.5, 0.6) is 5.75 Å². The molecule has 0 heterocycles. The number of nitrogens with one attached hydrogen (secondary N) is 1. The van der Waals surface area contributed by atoms with Crippen LogP contribution in [-0.4, -0.2) is 13.0 Å². The molecular weight excluding hydrogens is 336 g/mol. The molecule has 2 aromatic rings. The SMILES string of the molecule is COc1ccc(C(C)(C)C)cc1NC(=O)c1cc(F)c(F)cc1Cl. The molecule has 1 amide bonds. The zero-order valence-electron chi connectivity index (χ0n) is 13.8. The van der Waals surface area contributed by atoms with Crippen LogP contribution in [0.1, 0.15) is 36.7 Å². The summed E-state index contributed by atoms with van der Waals surface area (Å²) in [6, 6.07) is 6.97. The Bertz CT molecular complexity index is 785. The second-order valence-electron chi connectivity index (χ2n) is 6.37. The number of methoxy groups -OCH3 is 1. The van der Waals surface area contributed by atoms with Gasteiger partial charge in [0, 0.05) is 0 Å². The van der Waals surface area contributed by atoms with Crippen molar-refractivity contribution in [1.82, 2.24) is 0 Å². The minimum atomic E-state index is -1.14. The highest BCUT2D eigenvalue weighted by atomic mass is 35.5. The Balaban J connectivity index is 2.40. The molecule has 0 unspecified atom stereocenters.